The Bertz CT molecular complexity index is 1020. The Labute approximate surface area is 161 Å². The monoisotopic (exact) mass is 383 g/mol. The quantitative estimate of drug-likeness (QED) is 0.696. The molecule has 3 aromatic rings. The molecule has 0 amide bonds. The number of nitrogens with zero attached hydrogens (tertiary/aromatic N) is 6. The van der Waals surface area contributed by atoms with Crippen LogP contribution < -0.4 is 10.2 Å². The number of hydrogen-bond acceptors (Lipinski definition) is 7. The molecule has 0 atom stereocenters. The molecule has 0 unspecified atom stereocenters. The van der Waals surface area contributed by atoms with Gasteiger partial charge in [-0.1, -0.05) is 0 Å². The normalized spacial score (nSPS) is 15.6. The number of pyridine rings is 1. The van der Waals surface area contributed by atoms with E-state index in [1.807, 2.05) is 19.3 Å². The summed E-state index contributed by atoms with van der Waals surface area (Å²) in [5, 5.41) is 7.81. The maximum absolute atomic E-state index is 6.13. The van der Waals surface area contributed by atoms with Gasteiger partial charge in [-0.05, 0) is 23.2 Å². The molecular weight excluding hydrogens is 366 g/mol. The van der Waals surface area contributed by atoms with Crippen molar-refractivity contribution in [1.29, 1.82) is 0 Å². The molecule has 5 rings (SSSR count). The summed E-state index contributed by atoms with van der Waals surface area (Å²) in [5.74, 6) is 1.79. The van der Waals surface area contributed by atoms with Gasteiger partial charge >= 0.3 is 0 Å². The summed E-state index contributed by atoms with van der Waals surface area (Å²) < 4.78 is 7.33. The smallest absolute Gasteiger partial charge is 0.224 e. The van der Waals surface area contributed by atoms with Crippen molar-refractivity contribution >= 4 is 28.9 Å². The van der Waals surface area contributed by atoms with Gasteiger partial charge in [0.25, 0.3) is 0 Å². The molecule has 0 spiro atoms. The molecule has 8 nitrogen and oxygen atoms in total. The number of fused-ring (bicyclic) bond motifs is 2. The minimum Gasteiger partial charge on any atom is -0.370 e. The van der Waals surface area contributed by atoms with E-state index in [4.69, 9.17) is 16.3 Å². The van der Waals surface area contributed by atoms with Crippen LogP contribution in [0.25, 0.3) is 0 Å². The fraction of sp³-hybridized carbons (Fsp3) is 0.333. The number of rotatable bonds is 3. The molecule has 0 saturated carbocycles. The highest BCUT2D eigenvalue weighted by molar-refractivity contribution is 6.28. The lowest BCUT2D eigenvalue weighted by atomic mass is 10.0. The van der Waals surface area contributed by atoms with Crippen molar-refractivity contribution in [2.45, 2.75) is 26.2 Å². The number of nitrogens with one attached hydrogen (secondary N) is 1. The number of aromatic nitrogens is 5. The Kier molecular flexibility index (Phi) is 3.95. The second-order valence-corrected chi connectivity index (χ2v) is 7.04. The number of halogens is 1. The summed E-state index contributed by atoms with van der Waals surface area (Å²) in [6.07, 6.45) is 4.49. The summed E-state index contributed by atoms with van der Waals surface area (Å²) in [6, 6.07) is 4.07. The average Bonchev–Trinajstić information content (AvgIpc) is 3.29. The number of ether oxygens (including phenoxy) is 1. The molecule has 3 aromatic heterocycles. The van der Waals surface area contributed by atoms with Crippen LogP contribution in [0.5, 0.6) is 0 Å². The summed E-state index contributed by atoms with van der Waals surface area (Å²) >= 11 is 6.13. The van der Waals surface area contributed by atoms with Gasteiger partial charge < -0.3 is 15.0 Å². The third-order valence-corrected chi connectivity index (χ3v) is 5.13. The third-order valence-electron chi connectivity index (χ3n) is 4.96. The minimum absolute atomic E-state index is 0.268. The first-order valence-electron chi connectivity index (χ1n) is 8.78. The lowest BCUT2D eigenvalue weighted by Crippen LogP contribution is -2.32. The second-order valence-electron chi connectivity index (χ2n) is 6.70. The van der Waals surface area contributed by atoms with Crippen LogP contribution in [0.4, 0.5) is 17.3 Å². The molecule has 0 fully saturated rings. The molecule has 1 N–H and O–H groups in total. The Morgan fingerprint density at radius 2 is 2.15 bits per heavy atom. The molecule has 9 heteroatoms. The topological polar surface area (TPSA) is 81.0 Å². The van der Waals surface area contributed by atoms with Crippen LogP contribution in [0.1, 0.15) is 22.5 Å². The standard InChI is InChI=1S/C18H18ClN7O/c1-25-16(2-4-21-25)22-12-6-11-8-26(5-3-14(11)20-7-12)17-13-9-27-10-15(13)23-18(19)24-17/h2,4,6-7,22H,3,5,8-10H2,1H3. The van der Waals surface area contributed by atoms with Crippen LogP contribution in [0, 0.1) is 0 Å². The van der Waals surface area contributed by atoms with Crippen molar-refractivity contribution in [2.24, 2.45) is 7.05 Å². The van der Waals surface area contributed by atoms with E-state index < -0.39 is 0 Å². The molecular formula is C18H18ClN7O. The number of anilines is 3. The molecule has 0 aromatic carbocycles. The van der Waals surface area contributed by atoms with Crippen LogP contribution in [0.3, 0.4) is 0 Å². The second kappa shape index (κ2) is 6.47. The molecule has 0 bridgehead atoms. The lowest BCUT2D eigenvalue weighted by Gasteiger charge is -2.30. The van der Waals surface area contributed by atoms with Gasteiger partial charge in [-0.15, -0.1) is 0 Å². The Morgan fingerprint density at radius 1 is 1.22 bits per heavy atom. The first-order valence-corrected chi connectivity index (χ1v) is 9.16. The summed E-state index contributed by atoms with van der Waals surface area (Å²) in [6.45, 7) is 2.60. The Hall–Kier alpha value is -2.71. The van der Waals surface area contributed by atoms with Crippen molar-refractivity contribution < 1.29 is 4.74 Å². The maximum atomic E-state index is 6.13. The molecule has 2 aliphatic rings. The van der Waals surface area contributed by atoms with Crippen LogP contribution in [0.2, 0.25) is 5.28 Å². The zero-order chi connectivity index (χ0) is 18.4. The van der Waals surface area contributed by atoms with Crippen molar-refractivity contribution in [3.05, 3.63) is 52.3 Å². The minimum atomic E-state index is 0.268. The van der Waals surface area contributed by atoms with Crippen molar-refractivity contribution in [1.82, 2.24) is 24.7 Å². The van der Waals surface area contributed by atoms with Gasteiger partial charge in [-0.3, -0.25) is 9.67 Å². The van der Waals surface area contributed by atoms with Crippen LogP contribution in [0.15, 0.2) is 24.5 Å². The van der Waals surface area contributed by atoms with Gasteiger partial charge in [0.05, 0.1) is 37.0 Å². The van der Waals surface area contributed by atoms with E-state index >= 15 is 0 Å². The molecule has 138 valence electrons. The van der Waals surface area contributed by atoms with Gasteiger partial charge in [0.15, 0.2) is 0 Å². The zero-order valence-electron chi connectivity index (χ0n) is 14.8. The van der Waals surface area contributed by atoms with Crippen LogP contribution in [-0.2, 0) is 38.0 Å². The summed E-state index contributed by atoms with van der Waals surface area (Å²) in [4.78, 5) is 15.7. The number of hydrogen-bond donors (Lipinski definition) is 1. The zero-order valence-corrected chi connectivity index (χ0v) is 15.6. The molecule has 0 aliphatic carbocycles. The van der Waals surface area contributed by atoms with Gasteiger partial charge in [0.2, 0.25) is 5.28 Å². The van der Waals surface area contributed by atoms with Gasteiger partial charge in [0, 0.05) is 43.9 Å². The molecule has 27 heavy (non-hydrogen) atoms. The highest BCUT2D eigenvalue weighted by atomic mass is 35.5. The van der Waals surface area contributed by atoms with Gasteiger partial charge in [-0.25, -0.2) is 9.97 Å². The van der Waals surface area contributed by atoms with Crippen molar-refractivity contribution in [3.63, 3.8) is 0 Å². The highest BCUT2D eigenvalue weighted by Crippen LogP contribution is 2.32. The lowest BCUT2D eigenvalue weighted by molar-refractivity contribution is 0.133. The predicted molar refractivity (Wildman–Crippen MR) is 101 cm³/mol. The Balaban J connectivity index is 1.44. The molecule has 0 radical (unpaired) electrons. The van der Waals surface area contributed by atoms with Gasteiger partial charge in [0.1, 0.15) is 11.6 Å². The fourth-order valence-corrected chi connectivity index (χ4v) is 3.77. The third kappa shape index (κ3) is 3.00. The molecule has 5 heterocycles. The first kappa shape index (κ1) is 16.5. The van der Waals surface area contributed by atoms with E-state index in [0.717, 1.165) is 53.8 Å². The van der Waals surface area contributed by atoms with Crippen LogP contribution >= 0.6 is 11.6 Å². The molecule has 0 saturated heterocycles. The highest BCUT2D eigenvalue weighted by Gasteiger charge is 2.26. The van der Waals surface area contributed by atoms with E-state index in [-0.39, 0.29) is 5.28 Å². The Morgan fingerprint density at radius 3 is 3.00 bits per heavy atom. The fourth-order valence-electron chi connectivity index (χ4n) is 3.59. The summed E-state index contributed by atoms with van der Waals surface area (Å²) in [7, 11) is 1.90. The van der Waals surface area contributed by atoms with Crippen LogP contribution in [-0.4, -0.2) is 31.3 Å². The van der Waals surface area contributed by atoms with Crippen molar-refractivity contribution in [3.8, 4) is 0 Å². The first-order chi connectivity index (χ1) is 13.2. The van der Waals surface area contributed by atoms with E-state index in [1.165, 1.54) is 5.56 Å². The largest absolute Gasteiger partial charge is 0.370 e. The number of aryl methyl sites for hydroxylation is 1. The van der Waals surface area contributed by atoms with Crippen molar-refractivity contribution in [2.75, 3.05) is 16.8 Å². The average molecular weight is 384 g/mol. The van der Waals surface area contributed by atoms with E-state index in [9.17, 15) is 0 Å². The SMILES string of the molecule is Cn1nccc1Nc1cnc2c(c1)CN(c1nc(Cl)nc3c1COC3)CC2. The summed E-state index contributed by atoms with van der Waals surface area (Å²) in [5.41, 5.74) is 5.17. The van der Waals surface area contributed by atoms with Gasteiger partial charge in [-0.2, -0.15) is 5.10 Å². The molecule has 2 aliphatic heterocycles. The van der Waals surface area contributed by atoms with E-state index in [0.29, 0.717) is 13.2 Å². The van der Waals surface area contributed by atoms with E-state index in [2.05, 4.69) is 36.3 Å². The maximum Gasteiger partial charge on any atom is 0.224 e. The van der Waals surface area contributed by atoms with E-state index in [1.54, 1.807) is 10.9 Å². The predicted octanol–water partition coefficient (Wildman–Crippen LogP) is 2.60.